The molecule has 0 unspecified atom stereocenters. The molecule has 0 fully saturated rings. The van der Waals surface area contributed by atoms with Gasteiger partial charge in [-0.05, 0) is 35.9 Å². The number of hydrogen-bond donors (Lipinski definition) is 1. The van der Waals surface area contributed by atoms with Crippen molar-refractivity contribution in [2.75, 3.05) is 5.73 Å². The Kier molecular flexibility index (Phi) is 3.93. The summed E-state index contributed by atoms with van der Waals surface area (Å²) in [4.78, 5) is 0. The van der Waals surface area contributed by atoms with Gasteiger partial charge in [0.15, 0.2) is 11.6 Å². The van der Waals surface area contributed by atoms with Gasteiger partial charge in [0, 0.05) is 20.1 Å². The Bertz CT molecular complexity index is 800. The van der Waals surface area contributed by atoms with E-state index in [1.54, 1.807) is 24.3 Å². The highest BCUT2D eigenvalue weighted by Gasteiger charge is 2.19. The number of nitrogen functional groups attached to an aromatic ring is 1. The van der Waals surface area contributed by atoms with Gasteiger partial charge in [-0.2, -0.15) is 0 Å². The highest BCUT2D eigenvalue weighted by atomic mass is 79.9. The summed E-state index contributed by atoms with van der Waals surface area (Å²) in [6, 6.07) is 12.8. The first-order chi connectivity index (χ1) is 10.1. The van der Waals surface area contributed by atoms with E-state index >= 15 is 0 Å². The maximum Gasteiger partial charge on any atom is 0.178 e. The minimum absolute atomic E-state index is 0.319. The van der Waals surface area contributed by atoms with Gasteiger partial charge in [-0.15, -0.1) is 0 Å². The highest BCUT2D eigenvalue weighted by Crippen LogP contribution is 2.40. The Morgan fingerprint density at radius 1 is 1.00 bits per heavy atom. The molecule has 0 aliphatic heterocycles. The standard InChI is InChI=1S/C15H9BrCl2N2O/c16-12-6-5-10(18)7-11(12)14-13(15(19)20-21-14)8-1-3-9(17)4-2-8/h1-7H,(H2,19,20). The van der Waals surface area contributed by atoms with Gasteiger partial charge < -0.3 is 10.3 Å². The van der Waals surface area contributed by atoms with Crippen LogP contribution in [0.15, 0.2) is 51.5 Å². The van der Waals surface area contributed by atoms with Gasteiger partial charge in [-0.1, -0.05) is 56.4 Å². The van der Waals surface area contributed by atoms with Crippen LogP contribution in [0.2, 0.25) is 10.0 Å². The first-order valence-electron chi connectivity index (χ1n) is 6.03. The van der Waals surface area contributed by atoms with E-state index in [0.717, 1.165) is 21.2 Å². The summed E-state index contributed by atoms with van der Waals surface area (Å²) < 4.78 is 6.25. The van der Waals surface area contributed by atoms with E-state index in [9.17, 15) is 0 Å². The Morgan fingerprint density at radius 3 is 2.38 bits per heavy atom. The molecular weight excluding hydrogens is 375 g/mol. The van der Waals surface area contributed by atoms with Crippen LogP contribution in [0.25, 0.3) is 22.5 Å². The second kappa shape index (κ2) is 5.72. The third-order valence-electron chi connectivity index (χ3n) is 3.02. The lowest BCUT2D eigenvalue weighted by Gasteiger charge is -2.05. The van der Waals surface area contributed by atoms with Crippen LogP contribution in [0.1, 0.15) is 0 Å². The first kappa shape index (κ1) is 14.4. The van der Waals surface area contributed by atoms with Gasteiger partial charge in [0.05, 0.1) is 5.56 Å². The van der Waals surface area contributed by atoms with Crippen LogP contribution in [-0.2, 0) is 0 Å². The number of halogens is 3. The number of anilines is 1. The number of hydrogen-bond acceptors (Lipinski definition) is 3. The molecule has 0 saturated heterocycles. The molecule has 1 heterocycles. The lowest BCUT2D eigenvalue weighted by Crippen LogP contribution is -1.89. The van der Waals surface area contributed by atoms with Gasteiger partial charge in [0.1, 0.15) is 0 Å². The molecule has 2 N–H and O–H groups in total. The molecule has 3 aromatic rings. The molecule has 0 amide bonds. The van der Waals surface area contributed by atoms with Crippen LogP contribution in [0.4, 0.5) is 5.82 Å². The molecule has 0 radical (unpaired) electrons. The van der Waals surface area contributed by atoms with Crippen LogP contribution in [-0.4, -0.2) is 5.16 Å². The zero-order valence-corrected chi connectivity index (χ0v) is 13.7. The van der Waals surface area contributed by atoms with E-state index in [-0.39, 0.29) is 0 Å². The van der Waals surface area contributed by atoms with E-state index in [0.29, 0.717) is 21.6 Å². The summed E-state index contributed by atoms with van der Waals surface area (Å²) in [5.41, 5.74) is 8.33. The number of benzene rings is 2. The van der Waals surface area contributed by atoms with Crippen molar-refractivity contribution in [1.82, 2.24) is 5.16 Å². The smallest absolute Gasteiger partial charge is 0.178 e. The Balaban J connectivity index is 2.21. The maximum atomic E-state index is 6.06. The van der Waals surface area contributed by atoms with Crippen molar-refractivity contribution < 1.29 is 4.52 Å². The van der Waals surface area contributed by atoms with Crippen LogP contribution >= 0.6 is 39.1 Å². The molecule has 21 heavy (non-hydrogen) atoms. The van der Waals surface area contributed by atoms with Gasteiger partial charge in [-0.25, -0.2) is 0 Å². The van der Waals surface area contributed by atoms with Crippen molar-refractivity contribution in [3.8, 4) is 22.5 Å². The first-order valence-corrected chi connectivity index (χ1v) is 7.57. The molecule has 0 spiro atoms. The quantitative estimate of drug-likeness (QED) is 0.621. The fraction of sp³-hybridized carbons (Fsp3) is 0. The third kappa shape index (κ3) is 2.79. The summed E-state index contributed by atoms with van der Waals surface area (Å²) in [5.74, 6) is 0.878. The highest BCUT2D eigenvalue weighted by molar-refractivity contribution is 9.10. The summed E-state index contributed by atoms with van der Waals surface area (Å²) in [5, 5.41) is 5.12. The van der Waals surface area contributed by atoms with Crippen molar-refractivity contribution in [2.24, 2.45) is 0 Å². The molecule has 6 heteroatoms. The Labute approximate surface area is 139 Å². The van der Waals surface area contributed by atoms with Gasteiger partial charge >= 0.3 is 0 Å². The molecule has 3 rings (SSSR count). The maximum absolute atomic E-state index is 6.06. The fourth-order valence-electron chi connectivity index (χ4n) is 2.05. The third-order valence-corrected chi connectivity index (χ3v) is 4.20. The average molecular weight is 384 g/mol. The fourth-order valence-corrected chi connectivity index (χ4v) is 2.78. The van der Waals surface area contributed by atoms with Gasteiger partial charge in [0.2, 0.25) is 0 Å². The molecule has 0 saturated carbocycles. The second-order valence-corrected chi connectivity index (χ2v) is 6.13. The molecule has 3 nitrogen and oxygen atoms in total. The number of rotatable bonds is 2. The van der Waals surface area contributed by atoms with Crippen molar-refractivity contribution in [3.63, 3.8) is 0 Å². The van der Waals surface area contributed by atoms with Crippen molar-refractivity contribution in [1.29, 1.82) is 0 Å². The summed E-state index contributed by atoms with van der Waals surface area (Å²) in [6.45, 7) is 0. The topological polar surface area (TPSA) is 52.0 Å². The molecule has 2 aromatic carbocycles. The zero-order chi connectivity index (χ0) is 15.0. The lowest BCUT2D eigenvalue weighted by atomic mass is 10.0. The normalized spacial score (nSPS) is 10.8. The predicted molar refractivity (Wildman–Crippen MR) is 89.5 cm³/mol. The SMILES string of the molecule is Nc1noc(-c2cc(Cl)ccc2Br)c1-c1ccc(Cl)cc1. The Morgan fingerprint density at radius 2 is 1.67 bits per heavy atom. The molecular formula is C15H9BrCl2N2O. The van der Waals surface area contributed by atoms with E-state index < -0.39 is 0 Å². The predicted octanol–water partition coefficient (Wildman–Crippen LogP) is 5.66. The van der Waals surface area contributed by atoms with Crippen molar-refractivity contribution in [3.05, 3.63) is 57.0 Å². The minimum atomic E-state index is 0.319. The summed E-state index contributed by atoms with van der Waals surface area (Å²) >= 11 is 15.5. The summed E-state index contributed by atoms with van der Waals surface area (Å²) in [6.07, 6.45) is 0. The van der Waals surface area contributed by atoms with Gasteiger partial charge in [0.25, 0.3) is 0 Å². The van der Waals surface area contributed by atoms with E-state index in [2.05, 4.69) is 21.1 Å². The number of nitrogens with two attached hydrogens (primary N) is 1. The van der Waals surface area contributed by atoms with Crippen molar-refractivity contribution >= 4 is 44.9 Å². The van der Waals surface area contributed by atoms with Crippen LogP contribution in [0, 0.1) is 0 Å². The second-order valence-electron chi connectivity index (χ2n) is 4.40. The molecule has 0 bridgehead atoms. The van der Waals surface area contributed by atoms with Crippen LogP contribution < -0.4 is 5.73 Å². The summed E-state index contributed by atoms with van der Waals surface area (Å²) in [7, 11) is 0. The molecule has 0 atom stereocenters. The average Bonchev–Trinajstić information content (AvgIpc) is 2.84. The zero-order valence-electron chi connectivity index (χ0n) is 10.6. The molecule has 1 aromatic heterocycles. The monoisotopic (exact) mass is 382 g/mol. The minimum Gasteiger partial charge on any atom is -0.380 e. The van der Waals surface area contributed by atoms with Crippen LogP contribution in [0.3, 0.4) is 0 Å². The molecule has 0 aliphatic rings. The van der Waals surface area contributed by atoms with E-state index in [4.69, 9.17) is 33.5 Å². The lowest BCUT2D eigenvalue weighted by molar-refractivity contribution is 0.436. The van der Waals surface area contributed by atoms with Crippen molar-refractivity contribution in [2.45, 2.75) is 0 Å². The molecule has 106 valence electrons. The molecule has 0 aliphatic carbocycles. The van der Waals surface area contributed by atoms with E-state index in [1.165, 1.54) is 0 Å². The van der Waals surface area contributed by atoms with Crippen LogP contribution in [0.5, 0.6) is 0 Å². The Hall–Kier alpha value is -1.49. The van der Waals surface area contributed by atoms with Gasteiger partial charge in [-0.3, -0.25) is 0 Å². The van der Waals surface area contributed by atoms with E-state index in [1.807, 2.05) is 18.2 Å². The number of nitrogens with zero attached hydrogens (tertiary/aromatic N) is 1. The largest absolute Gasteiger partial charge is 0.380 e. The number of aromatic nitrogens is 1.